The van der Waals surface area contributed by atoms with Crippen molar-refractivity contribution in [2.75, 3.05) is 11.9 Å². The van der Waals surface area contributed by atoms with Crippen molar-refractivity contribution in [2.45, 2.75) is 32.7 Å². The van der Waals surface area contributed by atoms with Crippen molar-refractivity contribution in [3.8, 4) is 0 Å². The van der Waals surface area contributed by atoms with Gasteiger partial charge in [-0.3, -0.25) is 5.32 Å². The highest BCUT2D eigenvalue weighted by Crippen LogP contribution is 2.23. The fraction of sp³-hybridized carbons (Fsp3) is 0.583. The summed E-state index contributed by atoms with van der Waals surface area (Å²) in [6.07, 6.45) is 5.31. The highest BCUT2D eigenvalue weighted by Gasteiger charge is 2.28. The highest BCUT2D eigenvalue weighted by atomic mass is 16.2. The summed E-state index contributed by atoms with van der Waals surface area (Å²) in [5, 5.41) is 2.80. The predicted octanol–water partition coefficient (Wildman–Crippen LogP) is 2.13. The molecular formula is C12H18N4O. The van der Waals surface area contributed by atoms with E-state index in [1.54, 1.807) is 12.3 Å². The number of nitrogens with one attached hydrogen (secondary N) is 1. The van der Waals surface area contributed by atoms with Gasteiger partial charge >= 0.3 is 6.03 Å². The Balaban J connectivity index is 2.00. The number of aromatic nitrogens is 2. The van der Waals surface area contributed by atoms with E-state index in [9.17, 15) is 4.79 Å². The zero-order chi connectivity index (χ0) is 12.3. The molecule has 1 aromatic rings. The third-order valence-electron chi connectivity index (χ3n) is 3.45. The third kappa shape index (κ3) is 2.72. The van der Waals surface area contributed by atoms with E-state index in [1.807, 2.05) is 4.90 Å². The summed E-state index contributed by atoms with van der Waals surface area (Å²) in [6, 6.07) is 1.91. The predicted molar refractivity (Wildman–Crippen MR) is 65.6 cm³/mol. The third-order valence-corrected chi connectivity index (χ3v) is 3.45. The minimum absolute atomic E-state index is 0.0669. The molecule has 0 bridgehead atoms. The number of anilines is 1. The molecule has 0 aromatic carbocycles. The standard InChI is InChI=1S/C12H18N4O/c1-9-4-3-7-16(10(9)2)12(17)15-11-5-6-13-8-14-11/h5-6,8-10H,3-4,7H2,1-2H3,(H,13,14,15,17). The van der Waals surface area contributed by atoms with Crippen LogP contribution in [0, 0.1) is 5.92 Å². The van der Waals surface area contributed by atoms with Gasteiger partial charge in [0.2, 0.25) is 0 Å². The molecule has 1 aromatic heterocycles. The van der Waals surface area contributed by atoms with Crippen LogP contribution in [0.4, 0.5) is 10.6 Å². The SMILES string of the molecule is CC1CCCN(C(=O)Nc2ccncn2)C1C. The summed E-state index contributed by atoms with van der Waals surface area (Å²) < 4.78 is 0. The smallest absolute Gasteiger partial charge is 0.322 e. The van der Waals surface area contributed by atoms with Gasteiger partial charge in [0.1, 0.15) is 12.1 Å². The summed E-state index contributed by atoms with van der Waals surface area (Å²) >= 11 is 0. The van der Waals surface area contributed by atoms with Crippen molar-refractivity contribution < 1.29 is 4.79 Å². The molecule has 1 N–H and O–H groups in total. The number of carbonyl (C=O) groups excluding carboxylic acids is 1. The first-order chi connectivity index (χ1) is 8.18. The van der Waals surface area contributed by atoms with Crippen LogP contribution in [0.1, 0.15) is 26.7 Å². The van der Waals surface area contributed by atoms with Gasteiger partial charge in [-0.25, -0.2) is 14.8 Å². The van der Waals surface area contributed by atoms with Crippen molar-refractivity contribution in [3.05, 3.63) is 18.6 Å². The van der Waals surface area contributed by atoms with Crippen LogP contribution in [-0.2, 0) is 0 Å². The largest absolute Gasteiger partial charge is 0.323 e. The maximum atomic E-state index is 12.1. The van der Waals surface area contributed by atoms with Crippen molar-refractivity contribution in [2.24, 2.45) is 5.92 Å². The minimum atomic E-state index is -0.0669. The van der Waals surface area contributed by atoms with Crippen LogP contribution in [0.5, 0.6) is 0 Å². The van der Waals surface area contributed by atoms with Crippen LogP contribution >= 0.6 is 0 Å². The maximum Gasteiger partial charge on any atom is 0.323 e. The Morgan fingerprint density at radius 2 is 2.35 bits per heavy atom. The molecule has 1 fully saturated rings. The van der Waals surface area contributed by atoms with E-state index in [0.717, 1.165) is 13.0 Å². The summed E-state index contributed by atoms with van der Waals surface area (Å²) in [5.41, 5.74) is 0. The van der Waals surface area contributed by atoms with Gasteiger partial charge in [0.25, 0.3) is 0 Å². The van der Waals surface area contributed by atoms with Gasteiger partial charge in [0.05, 0.1) is 0 Å². The Morgan fingerprint density at radius 1 is 1.53 bits per heavy atom. The van der Waals surface area contributed by atoms with Gasteiger partial charge in [-0.2, -0.15) is 0 Å². The summed E-state index contributed by atoms with van der Waals surface area (Å²) in [6.45, 7) is 5.11. The fourth-order valence-electron chi connectivity index (χ4n) is 2.17. The number of amides is 2. The lowest BCUT2D eigenvalue weighted by molar-refractivity contribution is 0.139. The molecule has 17 heavy (non-hydrogen) atoms. The normalized spacial score (nSPS) is 24.5. The average molecular weight is 234 g/mol. The van der Waals surface area contributed by atoms with Crippen LogP contribution in [0.2, 0.25) is 0 Å². The van der Waals surface area contributed by atoms with E-state index in [0.29, 0.717) is 11.7 Å². The van der Waals surface area contributed by atoms with E-state index in [-0.39, 0.29) is 12.1 Å². The second kappa shape index (κ2) is 5.12. The monoisotopic (exact) mass is 234 g/mol. The number of hydrogen-bond acceptors (Lipinski definition) is 3. The Hall–Kier alpha value is -1.65. The molecule has 92 valence electrons. The molecule has 2 heterocycles. The van der Waals surface area contributed by atoms with Crippen LogP contribution in [-0.4, -0.2) is 33.5 Å². The molecule has 0 spiro atoms. The topological polar surface area (TPSA) is 58.1 Å². The van der Waals surface area contributed by atoms with Crippen LogP contribution < -0.4 is 5.32 Å². The number of piperidine rings is 1. The first-order valence-corrected chi connectivity index (χ1v) is 6.02. The van der Waals surface area contributed by atoms with Crippen molar-refractivity contribution in [1.82, 2.24) is 14.9 Å². The molecule has 0 radical (unpaired) electrons. The molecule has 0 aliphatic carbocycles. The maximum absolute atomic E-state index is 12.1. The van der Waals surface area contributed by atoms with E-state index < -0.39 is 0 Å². The van der Waals surface area contributed by atoms with Crippen LogP contribution in [0.3, 0.4) is 0 Å². The van der Waals surface area contributed by atoms with Crippen LogP contribution in [0.25, 0.3) is 0 Å². The molecule has 1 aliphatic heterocycles. The van der Waals surface area contributed by atoms with Crippen molar-refractivity contribution in [1.29, 1.82) is 0 Å². The van der Waals surface area contributed by atoms with Gasteiger partial charge in [0, 0.05) is 18.8 Å². The van der Waals surface area contributed by atoms with E-state index >= 15 is 0 Å². The summed E-state index contributed by atoms with van der Waals surface area (Å²) in [5.74, 6) is 1.11. The number of urea groups is 1. The first-order valence-electron chi connectivity index (χ1n) is 6.02. The second-order valence-electron chi connectivity index (χ2n) is 4.58. The Bertz CT molecular complexity index is 381. The molecule has 1 saturated heterocycles. The van der Waals surface area contributed by atoms with Crippen molar-refractivity contribution in [3.63, 3.8) is 0 Å². The van der Waals surface area contributed by atoms with E-state index in [1.165, 1.54) is 12.7 Å². The van der Waals surface area contributed by atoms with Gasteiger partial charge in [-0.15, -0.1) is 0 Å². The number of rotatable bonds is 1. The number of nitrogens with zero attached hydrogens (tertiary/aromatic N) is 3. The molecule has 2 atom stereocenters. The zero-order valence-corrected chi connectivity index (χ0v) is 10.3. The molecule has 0 saturated carbocycles. The van der Waals surface area contributed by atoms with Gasteiger partial charge < -0.3 is 4.90 Å². The number of carbonyl (C=O) groups is 1. The molecule has 2 rings (SSSR count). The summed E-state index contributed by atoms with van der Waals surface area (Å²) in [4.78, 5) is 21.8. The van der Waals surface area contributed by atoms with Crippen LogP contribution in [0.15, 0.2) is 18.6 Å². The fourth-order valence-corrected chi connectivity index (χ4v) is 2.17. The Kier molecular flexibility index (Phi) is 3.56. The molecule has 1 aliphatic rings. The Morgan fingerprint density at radius 3 is 3.06 bits per heavy atom. The van der Waals surface area contributed by atoms with Crippen molar-refractivity contribution >= 4 is 11.8 Å². The number of likely N-dealkylation sites (tertiary alicyclic amines) is 1. The molecular weight excluding hydrogens is 216 g/mol. The minimum Gasteiger partial charge on any atom is -0.322 e. The Labute approximate surface area is 101 Å². The first kappa shape index (κ1) is 11.8. The molecule has 5 heteroatoms. The molecule has 2 amide bonds. The van der Waals surface area contributed by atoms with Gasteiger partial charge in [-0.1, -0.05) is 6.92 Å². The lowest BCUT2D eigenvalue weighted by atomic mass is 9.92. The lowest BCUT2D eigenvalue weighted by Crippen LogP contribution is -2.48. The van der Waals surface area contributed by atoms with E-state index in [4.69, 9.17) is 0 Å². The molecule has 5 nitrogen and oxygen atoms in total. The quantitative estimate of drug-likeness (QED) is 0.809. The molecule has 2 unspecified atom stereocenters. The second-order valence-corrected chi connectivity index (χ2v) is 4.58. The van der Waals surface area contributed by atoms with Gasteiger partial charge in [-0.05, 0) is 31.7 Å². The lowest BCUT2D eigenvalue weighted by Gasteiger charge is -2.37. The van der Waals surface area contributed by atoms with E-state index in [2.05, 4.69) is 29.1 Å². The van der Waals surface area contributed by atoms with Gasteiger partial charge in [0.15, 0.2) is 0 Å². The zero-order valence-electron chi connectivity index (χ0n) is 10.3. The highest BCUT2D eigenvalue weighted by molar-refractivity contribution is 5.88. The summed E-state index contributed by atoms with van der Waals surface area (Å²) in [7, 11) is 0. The number of hydrogen-bond donors (Lipinski definition) is 1. The average Bonchev–Trinajstić information content (AvgIpc) is 2.34.